The molecule has 1 aromatic carbocycles. The van der Waals surface area contributed by atoms with Gasteiger partial charge in [0.2, 0.25) is 0 Å². The molecule has 17 heavy (non-hydrogen) atoms. The molecule has 4 heteroatoms. The maximum absolute atomic E-state index is 11.7. The minimum atomic E-state index is -0.245. The van der Waals surface area contributed by atoms with E-state index >= 15 is 0 Å². The monoisotopic (exact) mass is 250 g/mol. The van der Waals surface area contributed by atoms with Gasteiger partial charge in [-0.3, -0.25) is 0 Å². The lowest BCUT2D eigenvalue weighted by atomic mass is 10.1. The number of fused-ring (bicyclic) bond motifs is 1. The van der Waals surface area contributed by atoms with Crippen molar-refractivity contribution in [3.05, 3.63) is 28.6 Å². The molecule has 0 N–H and O–H groups in total. The minimum absolute atomic E-state index is 0.245. The van der Waals surface area contributed by atoms with Gasteiger partial charge in [-0.2, -0.15) is 0 Å². The van der Waals surface area contributed by atoms with E-state index in [0.29, 0.717) is 11.5 Å². The predicted molar refractivity (Wildman–Crippen MR) is 69.1 cm³/mol. The molecular formula is C13H14O3S. The van der Waals surface area contributed by atoms with E-state index in [1.807, 2.05) is 32.0 Å². The van der Waals surface area contributed by atoms with E-state index in [1.54, 1.807) is 7.11 Å². The molecule has 0 saturated heterocycles. The van der Waals surface area contributed by atoms with Crippen LogP contribution in [0.25, 0.3) is 10.1 Å². The summed E-state index contributed by atoms with van der Waals surface area (Å²) in [5, 5.41) is 1.05. The maximum Gasteiger partial charge on any atom is 0.348 e. The molecule has 0 saturated carbocycles. The van der Waals surface area contributed by atoms with Crippen molar-refractivity contribution >= 4 is 27.4 Å². The zero-order valence-corrected chi connectivity index (χ0v) is 10.9. The molecule has 0 aliphatic carbocycles. The maximum atomic E-state index is 11.7. The molecule has 1 aromatic heterocycles. The van der Waals surface area contributed by atoms with Crippen molar-refractivity contribution in [3.8, 4) is 5.75 Å². The van der Waals surface area contributed by atoms with Gasteiger partial charge >= 0.3 is 5.97 Å². The molecule has 0 atom stereocenters. The SMILES string of the molecule is CCOC(=O)c1sc2ccc(OC)cc2c1C. The van der Waals surface area contributed by atoms with Crippen molar-refractivity contribution in [2.24, 2.45) is 0 Å². The van der Waals surface area contributed by atoms with Gasteiger partial charge in [-0.25, -0.2) is 4.79 Å². The largest absolute Gasteiger partial charge is 0.497 e. The molecular weight excluding hydrogens is 236 g/mol. The highest BCUT2D eigenvalue weighted by Crippen LogP contribution is 2.33. The van der Waals surface area contributed by atoms with Crippen LogP contribution in [0.3, 0.4) is 0 Å². The van der Waals surface area contributed by atoms with Gasteiger partial charge in [0.05, 0.1) is 13.7 Å². The van der Waals surface area contributed by atoms with E-state index in [9.17, 15) is 4.79 Å². The van der Waals surface area contributed by atoms with Crippen molar-refractivity contribution in [1.82, 2.24) is 0 Å². The molecule has 0 aliphatic heterocycles. The zero-order valence-electron chi connectivity index (χ0n) is 10.1. The standard InChI is InChI=1S/C13H14O3S/c1-4-16-13(14)12-8(2)10-7-9(15-3)5-6-11(10)17-12/h5-7H,4H2,1-3H3. The molecule has 0 radical (unpaired) electrons. The highest BCUT2D eigenvalue weighted by Gasteiger charge is 2.16. The van der Waals surface area contributed by atoms with Crippen LogP contribution in [0.4, 0.5) is 0 Å². The van der Waals surface area contributed by atoms with Crippen LogP contribution < -0.4 is 4.74 Å². The number of rotatable bonds is 3. The Bertz CT molecular complexity index is 557. The summed E-state index contributed by atoms with van der Waals surface area (Å²) >= 11 is 1.46. The summed E-state index contributed by atoms with van der Waals surface area (Å²) in [6, 6.07) is 5.81. The average molecular weight is 250 g/mol. The molecule has 90 valence electrons. The molecule has 0 fully saturated rings. The Morgan fingerprint density at radius 1 is 1.41 bits per heavy atom. The first kappa shape index (κ1) is 11.9. The van der Waals surface area contributed by atoms with Crippen LogP contribution in [0.1, 0.15) is 22.2 Å². The number of benzene rings is 1. The fraction of sp³-hybridized carbons (Fsp3) is 0.308. The first-order valence-electron chi connectivity index (χ1n) is 5.41. The molecule has 2 aromatic rings. The van der Waals surface area contributed by atoms with Crippen molar-refractivity contribution in [3.63, 3.8) is 0 Å². The smallest absolute Gasteiger partial charge is 0.348 e. The zero-order chi connectivity index (χ0) is 12.4. The number of thiophene rings is 1. The molecule has 3 nitrogen and oxygen atoms in total. The highest BCUT2D eigenvalue weighted by molar-refractivity contribution is 7.21. The van der Waals surface area contributed by atoms with Gasteiger partial charge in [-0.15, -0.1) is 11.3 Å². The minimum Gasteiger partial charge on any atom is -0.497 e. The van der Waals surface area contributed by atoms with E-state index < -0.39 is 0 Å². The fourth-order valence-electron chi connectivity index (χ4n) is 1.72. The third-order valence-electron chi connectivity index (χ3n) is 2.60. The molecule has 0 spiro atoms. The quantitative estimate of drug-likeness (QED) is 0.783. The van der Waals surface area contributed by atoms with E-state index in [1.165, 1.54) is 11.3 Å². The summed E-state index contributed by atoms with van der Waals surface area (Å²) in [4.78, 5) is 12.4. The number of ether oxygens (including phenoxy) is 2. The molecule has 0 aliphatic rings. The summed E-state index contributed by atoms with van der Waals surface area (Å²) < 4.78 is 11.3. The number of hydrogen-bond donors (Lipinski definition) is 0. The number of methoxy groups -OCH3 is 1. The topological polar surface area (TPSA) is 35.5 Å². The Morgan fingerprint density at radius 3 is 2.82 bits per heavy atom. The second-order valence-corrected chi connectivity index (χ2v) is 4.69. The lowest BCUT2D eigenvalue weighted by Crippen LogP contribution is -2.03. The Hall–Kier alpha value is -1.55. The molecule has 0 amide bonds. The third-order valence-corrected chi connectivity index (χ3v) is 3.86. The number of carbonyl (C=O) groups is 1. The van der Waals surface area contributed by atoms with Crippen LogP contribution in [-0.4, -0.2) is 19.7 Å². The predicted octanol–water partition coefficient (Wildman–Crippen LogP) is 3.40. The number of hydrogen-bond acceptors (Lipinski definition) is 4. The second-order valence-electron chi connectivity index (χ2n) is 3.64. The van der Waals surface area contributed by atoms with Crippen molar-refractivity contribution in [1.29, 1.82) is 0 Å². The Morgan fingerprint density at radius 2 is 2.18 bits per heavy atom. The van der Waals surface area contributed by atoms with Crippen molar-refractivity contribution < 1.29 is 14.3 Å². The van der Waals surface area contributed by atoms with Crippen LogP contribution in [0.2, 0.25) is 0 Å². The molecule has 2 rings (SSSR count). The van der Waals surface area contributed by atoms with Crippen LogP contribution in [-0.2, 0) is 4.74 Å². The lowest BCUT2D eigenvalue weighted by Gasteiger charge is -2.00. The normalized spacial score (nSPS) is 10.5. The van der Waals surface area contributed by atoms with Gasteiger partial charge in [0.1, 0.15) is 10.6 Å². The molecule has 0 bridgehead atoms. The Labute approximate surface area is 104 Å². The van der Waals surface area contributed by atoms with Crippen LogP contribution in [0.5, 0.6) is 5.75 Å². The van der Waals surface area contributed by atoms with Crippen molar-refractivity contribution in [2.45, 2.75) is 13.8 Å². The third kappa shape index (κ3) is 2.13. The fourth-order valence-corrected chi connectivity index (χ4v) is 2.80. The van der Waals surface area contributed by atoms with E-state index in [4.69, 9.17) is 9.47 Å². The number of aryl methyl sites for hydroxylation is 1. The molecule has 1 heterocycles. The van der Waals surface area contributed by atoms with Gasteiger partial charge in [-0.05, 0) is 43.0 Å². The lowest BCUT2D eigenvalue weighted by molar-refractivity contribution is 0.0531. The van der Waals surface area contributed by atoms with E-state index in [-0.39, 0.29) is 5.97 Å². The summed E-state index contributed by atoms with van der Waals surface area (Å²) in [5.74, 6) is 0.555. The first-order chi connectivity index (χ1) is 8.17. The van der Waals surface area contributed by atoms with Gasteiger partial charge in [-0.1, -0.05) is 0 Å². The van der Waals surface area contributed by atoms with Crippen molar-refractivity contribution in [2.75, 3.05) is 13.7 Å². The highest BCUT2D eigenvalue weighted by atomic mass is 32.1. The Balaban J connectivity index is 2.53. The average Bonchev–Trinajstić information content (AvgIpc) is 2.67. The summed E-state index contributed by atoms with van der Waals surface area (Å²) in [7, 11) is 1.63. The van der Waals surface area contributed by atoms with Gasteiger partial charge in [0, 0.05) is 4.70 Å². The Kier molecular flexibility index (Phi) is 3.33. The summed E-state index contributed by atoms with van der Waals surface area (Å²) in [5.41, 5.74) is 0.961. The molecule has 0 unspecified atom stereocenters. The van der Waals surface area contributed by atoms with Crippen LogP contribution in [0, 0.1) is 6.92 Å². The second kappa shape index (κ2) is 4.75. The number of carbonyl (C=O) groups excluding carboxylic acids is 1. The first-order valence-corrected chi connectivity index (χ1v) is 6.23. The van der Waals surface area contributed by atoms with E-state index in [0.717, 1.165) is 21.4 Å². The summed E-state index contributed by atoms with van der Waals surface area (Å²) in [6.45, 7) is 4.14. The van der Waals surface area contributed by atoms with E-state index in [2.05, 4.69) is 0 Å². The van der Waals surface area contributed by atoms with Gasteiger partial charge in [0.15, 0.2) is 0 Å². The number of esters is 1. The summed E-state index contributed by atoms with van der Waals surface area (Å²) in [6.07, 6.45) is 0. The van der Waals surface area contributed by atoms with Gasteiger partial charge in [0.25, 0.3) is 0 Å². The van der Waals surface area contributed by atoms with Crippen LogP contribution in [0.15, 0.2) is 18.2 Å². The van der Waals surface area contributed by atoms with Crippen LogP contribution >= 0.6 is 11.3 Å². The van der Waals surface area contributed by atoms with Gasteiger partial charge < -0.3 is 9.47 Å².